The van der Waals surface area contributed by atoms with Crippen molar-refractivity contribution in [1.29, 1.82) is 0 Å². The summed E-state index contributed by atoms with van der Waals surface area (Å²) in [6.07, 6.45) is 6.83. The van der Waals surface area contributed by atoms with Crippen LogP contribution in [0.25, 0.3) is 0 Å². The highest BCUT2D eigenvalue weighted by Crippen LogP contribution is 2.18. The van der Waals surface area contributed by atoms with Gasteiger partial charge in [0.2, 0.25) is 0 Å². The molecule has 0 aliphatic carbocycles. The van der Waals surface area contributed by atoms with Crippen LogP contribution in [0.4, 0.5) is 0 Å². The Morgan fingerprint density at radius 2 is 1.85 bits per heavy atom. The predicted molar refractivity (Wildman–Crippen MR) is 81.2 cm³/mol. The minimum absolute atomic E-state index is 0.152. The molecule has 1 N–H and O–H groups in total. The molecule has 0 spiro atoms. The Hall–Kier alpha value is -1.51. The van der Waals surface area contributed by atoms with Crippen LogP contribution in [0.3, 0.4) is 0 Å². The van der Waals surface area contributed by atoms with Crippen molar-refractivity contribution < 1.29 is 14.6 Å². The number of hydrogen-bond donors (Lipinski definition) is 1. The largest absolute Gasteiger partial charge is 0.497 e. The lowest BCUT2D eigenvalue weighted by atomic mass is 9.96. The first kappa shape index (κ1) is 16.5. The summed E-state index contributed by atoms with van der Waals surface area (Å²) in [5.41, 5.74) is 1.31. The summed E-state index contributed by atoms with van der Waals surface area (Å²) in [6.45, 7) is 2.04. The third kappa shape index (κ3) is 6.09. The summed E-state index contributed by atoms with van der Waals surface area (Å²) in [5.74, 6) is 0.0978. The second-order valence-electron chi connectivity index (χ2n) is 5.27. The SMILES string of the molecule is CCCC(CCCCCc1ccc(OC)cc1)C(=O)O. The van der Waals surface area contributed by atoms with Gasteiger partial charge >= 0.3 is 5.97 Å². The van der Waals surface area contributed by atoms with E-state index in [0.29, 0.717) is 0 Å². The van der Waals surface area contributed by atoms with Crippen molar-refractivity contribution in [3.63, 3.8) is 0 Å². The standard InChI is InChI=1S/C17H26O3/c1-3-7-15(17(18)19)9-6-4-5-8-14-10-12-16(20-2)13-11-14/h10-13,15H,3-9H2,1-2H3,(H,18,19). The zero-order chi connectivity index (χ0) is 14.8. The van der Waals surface area contributed by atoms with Gasteiger partial charge < -0.3 is 9.84 Å². The Kier molecular flexibility index (Phi) is 7.78. The lowest BCUT2D eigenvalue weighted by Crippen LogP contribution is -2.13. The van der Waals surface area contributed by atoms with E-state index in [-0.39, 0.29) is 5.92 Å². The molecule has 1 aromatic rings. The summed E-state index contributed by atoms with van der Waals surface area (Å²) >= 11 is 0. The molecule has 1 aromatic carbocycles. The maximum Gasteiger partial charge on any atom is 0.306 e. The van der Waals surface area contributed by atoms with Crippen LogP contribution < -0.4 is 4.74 Å². The van der Waals surface area contributed by atoms with Crippen molar-refractivity contribution in [3.8, 4) is 5.75 Å². The molecule has 0 amide bonds. The topological polar surface area (TPSA) is 46.5 Å². The third-order valence-electron chi connectivity index (χ3n) is 3.66. The van der Waals surface area contributed by atoms with Gasteiger partial charge in [0, 0.05) is 0 Å². The van der Waals surface area contributed by atoms with Crippen LogP contribution in [0.15, 0.2) is 24.3 Å². The van der Waals surface area contributed by atoms with E-state index in [1.807, 2.05) is 19.1 Å². The number of methoxy groups -OCH3 is 1. The number of carboxylic acids is 1. The molecule has 0 aromatic heterocycles. The summed E-state index contributed by atoms with van der Waals surface area (Å²) in [4.78, 5) is 11.0. The normalized spacial score (nSPS) is 12.1. The van der Waals surface area contributed by atoms with Crippen LogP contribution in [0.2, 0.25) is 0 Å². The Balaban J connectivity index is 2.19. The second-order valence-corrected chi connectivity index (χ2v) is 5.27. The van der Waals surface area contributed by atoms with Gasteiger partial charge in [0.1, 0.15) is 5.75 Å². The van der Waals surface area contributed by atoms with E-state index in [1.165, 1.54) is 5.56 Å². The number of aryl methyl sites for hydroxylation is 1. The Morgan fingerprint density at radius 1 is 1.15 bits per heavy atom. The second kappa shape index (κ2) is 9.40. The molecule has 3 nitrogen and oxygen atoms in total. The number of carbonyl (C=O) groups is 1. The van der Waals surface area contributed by atoms with Crippen LogP contribution in [0.1, 0.15) is 51.0 Å². The first-order valence-corrected chi connectivity index (χ1v) is 7.53. The fourth-order valence-corrected chi connectivity index (χ4v) is 2.43. The van der Waals surface area contributed by atoms with Gasteiger partial charge in [-0.25, -0.2) is 0 Å². The number of hydrogen-bond acceptors (Lipinski definition) is 2. The van der Waals surface area contributed by atoms with Crippen molar-refractivity contribution >= 4 is 5.97 Å². The molecule has 3 heteroatoms. The van der Waals surface area contributed by atoms with Crippen molar-refractivity contribution in [2.75, 3.05) is 7.11 Å². The van der Waals surface area contributed by atoms with Crippen LogP contribution in [-0.2, 0) is 11.2 Å². The molecule has 112 valence electrons. The molecule has 0 bridgehead atoms. The molecule has 20 heavy (non-hydrogen) atoms. The number of ether oxygens (including phenoxy) is 1. The summed E-state index contributed by atoms with van der Waals surface area (Å²) in [7, 11) is 1.67. The lowest BCUT2D eigenvalue weighted by molar-refractivity contribution is -0.142. The van der Waals surface area contributed by atoms with Gasteiger partial charge in [0.15, 0.2) is 0 Å². The molecule has 0 aliphatic rings. The quantitative estimate of drug-likeness (QED) is 0.649. The highest BCUT2D eigenvalue weighted by molar-refractivity contribution is 5.69. The summed E-state index contributed by atoms with van der Waals surface area (Å²) < 4.78 is 5.13. The van der Waals surface area contributed by atoms with Gasteiger partial charge in [-0.2, -0.15) is 0 Å². The van der Waals surface area contributed by atoms with Crippen LogP contribution in [-0.4, -0.2) is 18.2 Å². The first-order valence-electron chi connectivity index (χ1n) is 7.53. The average molecular weight is 278 g/mol. The number of carboxylic acid groups (broad SMARTS) is 1. The first-order chi connectivity index (χ1) is 9.67. The minimum Gasteiger partial charge on any atom is -0.497 e. The highest BCUT2D eigenvalue weighted by Gasteiger charge is 2.15. The number of rotatable bonds is 10. The zero-order valence-corrected chi connectivity index (χ0v) is 12.6. The third-order valence-corrected chi connectivity index (χ3v) is 3.66. The maximum absolute atomic E-state index is 11.0. The Morgan fingerprint density at radius 3 is 2.40 bits per heavy atom. The summed E-state index contributed by atoms with van der Waals surface area (Å²) in [5, 5.41) is 9.08. The number of aliphatic carboxylic acids is 1. The molecule has 1 rings (SSSR count). The fourth-order valence-electron chi connectivity index (χ4n) is 2.43. The van der Waals surface area contributed by atoms with E-state index in [2.05, 4.69) is 12.1 Å². The Bertz CT molecular complexity index is 384. The molecule has 0 aliphatic heterocycles. The van der Waals surface area contributed by atoms with E-state index in [0.717, 1.165) is 50.7 Å². The predicted octanol–water partition coefficient (Wildman–Crippen LogP) is 4.30. The molecule has 1 atom stereocenters. The molecule has 0 heterocycles. The number of unbranched alkanes of at least 4 members (excludes halogenated alkanes) is 2. The monoisotopic (exact) mass is 278 g/mol. The van der Waals surface area contributed by atoms with Crippen LogP contribution in [0.5, 0.6) is 5.75 Å². The molecule has 1 unspecified atom stereocenters. The smallest absolute Gasteiger partial charge is 0.306 e. The molecule has 0 radical (unpaired) electrons. The molecule has 0 fully saturated rings. The highest BCUT2D eigenvalue weighted by atomic mass is 16.5. The van der Waals surface area contributed by atoms with Gasteiger partial charge in [-0.3, -0.25) is 4.79 Å². The number of benzene rings is 1. The van der Waals surface area contributed by atoms with E-state index in [1.54, 1.807) is 7.11 Å². The minimum atomic E-state index is -0.637. The van der Waals surface area contributed by atoms with Crippen molar-refractivity contribution in [2.24, 2.45) is 5.92 Å². The van der Waals surface area contributed by atoms with Gasteiger partial charge in [0.05, 0.1) is 13.0 Å². The summed E-state index contributed by atoms with van der Waals surface area (Å²) in [6, 6.07) is 8.15. The van der Waals surface area contributed by atoms with E-state index < -0.39 is 5.97 Å². The molecule has 0 saturated heterocycles. The lowest BCUT2D eigenvalue weighted by Gasteiger charge is -2.10. The molecular weight excluding hydrogens is 252 g/mol. The van der Waals surface area contributed by atoms with Crippen LogP contribution in [0, 0.1) is 5.92 Å². The van der Waals surface area contributed by atoms with Crippen molar-refractivity contribution in [3.05, 3.63) is 29.8 Å². The maximum atomic E-state index is 11.0. The van der Waals surface area contributed by atoms with E-state index >= 15 is 0 Å². The average Bonchev–Trinajstić information content (AvgIpc) is 2.46. The van der Waals surface area contributed by atoms with Gasteiger partial charge in [0.25, 0.3) is 0 Å². The Labute approximate surface area is 122 Å². The van der Waals surface area contributed by atoms with Gasteiger partial charge in [-0.1, -0.05) is 38.3 Å². The van der Waals surface area contributed by atoms with Crippen molar-refractivity contribution in [1.82, 2.24) is 0 Å². The van der Waals surface area contributed by atoms with E-state index in [4.69, 9.17) is 9.84 Å². The van der Waals surface area contributed by atoms with E-state index in [9.17, 15) is 4.79 Å². The van der Waals surface area contributed by atoms with Gasteiger partial charge in [-0.15, -0.1) is 0 Å². The molecule has 0 saturated carbocycles. The van der Waals surface area contributed by atoms with Crippen LogP contribution >= 0.6 is 0 Å². The van der Waals surface area contributed by atoms with Gasteiger partial charge in [-0.05, 0) is 43.4 Å². The molecular formula is C17H26O3. The zero-order valence-electron chi connectivity index (χ0n) is 12.6. The fraction of sp³-hybridized carbons (Fsp3) is 0.588. The van der Waals surface area contributed by atoms with Crippen molar-refractivity contribution in [2.45, 2.75) is 51.9 Å².